The van der Waals surface area contributed by atoms with Crippen LogP contribution in [0.2, 0.25) is 5.02 Å². The molecule has 0 unspecified atom stereocenters. The average molecular weight is 384 g/mol. The van der Waals surface area contributed by atoms with Crippen LogP contribution < -0.4 is 10.6 Å². The van der Waals surface area contributed by atoms with Crippen molar-refractivity contribution in [1.29, 1.82) is 0 Å². The van der Waals surface area contributed by atoms with E-state index < -0.39 is 5.41 Å². The quantitative estimate of drug-likeness (QED) is 0.719. The van der Waals surface area contributed by atoms with Crippen molar-refractivity contribution in [2.45, 2.75) is 39.0 Å². The zero-order chi connectivity index (χ0) is 19.1. The molecule has 1 atom stereocenters. The lowest BCUT2D eigenvalue weighted by Crippen LogP contribution is -2.47. The van der Waals surface area contributed by atoms with Gasteiger partial charge in [0.1, 0.15) is 5.41 Å². The number of carbonyl (C=O) groups excluding carboxylic acids is 2. The number of rotatable bonds is 0. The minimum absolute atomic E-state index is 0.0389. The number of anilines is 2. The summed E-state index contributed by atoms with van der Waals surface area (Å²) in [6, 6.07) is 5.25. The van der Waals surface area contributed by atoms with Gasteiger partial charge in [0, 0.05) is 34.0 Å². The Morgan fingerprint density at radius 3 is 2.74 bits per heavy atom. The van der Waals surface area contributed by atoms with Gasteiger partial charge in [-0.2, -0.15) is 0 Å². The van der Waals surface area contributed by atoms with Gasteiger partial charge in [-0.05, 0) is 37.0 Å². The molecule has 3 aliphatic rings. The number of ketones is 1. The first-order valence-electron chi connectivity index (χ1n) is 8.86. The summed E-state index contributed by atoms with van der Waals surface area (Å²) in [6.45, 7) is 5.87. The summed E-state index contributed by atoms with van der Waals surface area (Å²) in [5, 5.41) is 10.8. The van der Waals surface area contributed by atoms with E-state index in [0.717, 1.165) is 5.70 Å². The van der Waals surface area contributed by atoms with Crippen LogP contribution in [0.15, 0.2) is 34.0 Å². The van der Waals surface area contributed by atoms with Gasteiger partial charge < -0.3 is 15.2 Å². The first-order chi connectivity index (χ1) is 12.7. The molecule has 1 spiro atoms. The lowest BCUT2D eigenvalue weighted by molar-refractivity contribution is -0.123. The zero-order valence-corrected chi connectivity index (χ0v) is 16.0. The van der Waals surface area contributed by atoms with Crippen LogP contribution in [0.1, 0.15) is 43.5 Å². The van der Waals surface area contributed by atoms with Crippen molar-refractivity contribution < 1.29 is 14.1 Å². The van der Waals surface area contributed by atoms with Crippen LogP contribution in [0.25, 0.3) is 0 Å². The fourth-order valence-corrected chi connectivity index (χ4v) is 4.96. The molecule has 2 N–H and O–H groups in total. The van der Waals surface area contributed by atoms with Gasteiger partial charge in [-0.15, -0.1) is 0 Å². The summed E-state index contributed by atoms with van der Waals surface area (Å²) < 4.78 is 5.50. The van der Waals surface area contributed by atoms with Crippen molar-refractivity contribution in [3.05, 3.63) is 51.3 Å². The van der Waals surface area contributed by atoms with Crippen molar-refractivity contribution in [1.82, 2.24) is 5.16 Å². The van der Waals surface area contributed by atoms with Crippen LogP contribution >= 0.6 is 11.6 Å². The Hall–Kier alpha value is -2.60. The smallest absolute Gasteiger partial charge is 0.244 e. The lowest BCUT2D eigenvalue weighted by atomic mass is 9.61. The number of fused-ring (bicyclic) bond motifs is 5. The largest absolute Gasteiger partial charge is 0.338 e. The van der Waals surface area contributed by atoms with E-state index in [9.17, 15) is 9.59 Å². The molecule has 0 saturated carbocycles. The molecule has 27 heavy (non-hydrogen) atoms. The Kier molecular flexibility index (Phi) is 3.07. The molecule has 5 rings (SSSR count). The molecular weight excluding hydrogens is 366 g/mol. The SMILES string of the molecule is Cc1noc2c1[C@@]1(C(=O)Nc3ccc(Cl)cc31)C1=C(CC(C)(C)CC1=O)N2. The molecule has 0 fully saturated rings. The second-order valence-corrected chi connectivity index (χ2v) is 8.72. The molecule has 7 heteroatoms. The predicted octanol–water partition coefficient (Wildman–Crippen LogP) is 3.94. The van der Waals surface area contributed by atoms with Crippen molar-refractivity contribution in [2.24, 2.45) is 5.41 Å². The zero-order valence-electron chi connectivity index (χ0n) is 15.2. The van der Waals surface area contributed by atoms with E-state index in [-0.39, 0.29) is 17.1 Å². The van der Waals surface area contributed by atoms with Gasteiger partial charge in [0.05, 0.1) is 11.3 Å². The topological polar surface area (TPSA) is 84.2 Å². The Labute approximate surface area is 160 Å². The lowest BCUT2D eigenvalue weighted by Gasteiger charge is -2.41. The van der Waals surface area contributed by atoms with E-state index in [1.54, 1.807) is 25.1 Å². The highest BCUT2D eigenvalue weighted by molar-refractivity contribution is 6.31. The van der Waals surface area contributed by atoms with Crippen molar-refractivity contribution in [3.8, 4) is 0 Å². The molecule has 6 nitrogen and oxygen atoms in total. The van der Waals surface area contributed by atoms with Gasteiger partial charge in [-0.1, -0.05) is 30.6 Å². The third-order valence-electron chi connectivity index (χ3n) is 5.73. The molecule has 3 heterocycles. The van der Waals surface area contributed by atoms with Gasteiger partial charge in [0.2, 0.25) is 11.8 Å². The molecule has 0 radical (unpaired) electrons. The Bertz CT molecular complexity index is 1080. The van der Waals surface area contributed by atoms with Crippen LogP contribution in [0.3, 0.4) is 0 Å². The van der Waals surface area contributed by atoms with E-state index in [2.05, 4.69) is 15.8 Å². The summed E-state index contributed by atoms with van der Waals surface area (Å²) in [5.41, 5.74) is 2.22. The number of allylic oxidation sites excluding steroid dienone is 1. The van der Waals surface area contributed by atoms with Crippen LogP contribution in [0.4, 0.5) is 11.6 Å². The van der Waals surface area contributed by atoms with E-state index >= 15 is 0 Å². The number of aromatic nitrogens is 1. The van der Waals surface area contributed by atoms with Crippen molar-refractivity contribution in [2.75, 3.05) is 10.6 Å². The molecule has 1 amide bonds. The number of halogens is 1. The molecular formula is C20H18ClN3O3. The second-order valence-electron chi connectivity index (χ2n) is 8.29. The first-order valence-corrected chi connectivity index (χ1v) is 9.24. The fraction of sp³-hybridized carbons (Fsp3) is 0.350. The number of hydrogen-bond acceptors (Lipinski definition) is 5. The Balaban J connectivity index is 1.91. The highest BCUT2D eigenvalue weighted by atomic mass is 35.5. The molecule has 0 saturated heterocycles. The molecule has 2 aromatic rings. The number of nitrogens with zero attached hydrogens (tertiary/aromatic N) is 1. The van der Waals surface area contributed by atoms with E-state index in [1.807, 2.05) is 13.8 Å². The predicted molar refractivity (Wildman–Crippen MR) is 101 cm³/mol. The van der Waals surface area contributed by atoms with E-state index in [4.69, 9.17) is 16.1 Å². The number of benzene rings is 1. The van der Waals surface area contributed by atoms with Crippen molar-refractivity contribution >= 4 is 34.9 Å². The van der Waals surface area contributed by atoms with Crippen LogP contribution in [0, 0.1) is 12.3 Å². The van der Waals surface area contributed by atoms with Crippen LogP contribution in [-0.2, 0) is 15.0 Å². The standard InChI is InChI=1S/C20H18ClN3O3/c1-9-15-17(27-24-9)22-13-7-19(2,3)8-14(25)16(13)20(15)11-6-10(21)4-5-12(11)23-18(20)26/h4-6,22H,7-8H2,1-3H3,(H,23,26)/t20-/m1/s1. The highest BCUT2D eigenvalue weighted by Gasteiger charge is 2.60. The summed E-state index contributed by atoms with van der Waals surface area (Å²) in [6.07, 6.45) is 1.01. The molecule has 1 aromatic carbocycles. The maximum absolute atomic E-state index is 13.5. The molecule has 2 aliphatic heterocycles. The average Bonchev–Trinajstić information content (AvgIpc) is 3.06. The number of aryl methyl sites for hydroxylation is 1. The summed E-state index contributed by atoms with van der Waals surface area (Å²) in [7, 11) is 0. The normalized spacial score (nSPS) is 25.0. The number of carbonyl (C=O) groups is 2. The summed E-state index contributed by atoms with van der Waals surface area (Å²) in [4.78, 5) is 26.8. The van der Waals surface area contributed by atoms with Gasteiger partial charge in [0.15, 0.2) is 5.78 Å². The number of hydrogen-bond donors (Lipinski definition) is 2. The van der Waals surface area contributed by atoms with E-state index in [0.29, 0.717) is 51.8 Å². The van der Waals surface area contributed by atoms with Gasteiger partial charge in [-0.3, -0.25) is 9.59 Å². The maximum Gasteiger partial charge on any atom is 0.244 e. The third kappa shape index (κ3) is 1.99. The molecule has 0 bridgehead atoms. The monoisotopic (exact) mass is 383 g/mol. The van der Waals surface area contributed by atoms with Gasteiger partial charge >= 0.3 is 0 Å². The van der Waals surface area contributed by atoms with Crippen LogP contribution in [-0.4, -0.2) is 16.8 Å². The maximum atomic E-state index is 13.5. The van der Waals surface area contributed by atoms with Gasteiger partial charge in [0.25, 0.3) is 0 Å². The van der Waals surface area contributed by atoms with Crippen LogP contribution in [0.5, 0.6) is 0 Å². The molecule has 1 aliphatic carbocycles. The minimum atomic E-state index is -1.28. The molecule has 1 aromatic heterocycles. The first kappa shape index (κ1) is 16.6. The number of amides is 1. The number of Topliss-reactive ketones (excluding diaryl/α,β-unsaturated/α-hetero) is 1. The minimum Gasteiger partial charge on any atom is -0.338 e. The van der Waals surface area contributed by atoms with Crippen molar-refractivity contribution in [3.63, 3.8) is 0 Å². The Morgan fingerprint density at radius 2 is 1.96 bits per heavy atom. The van der Waals surface area contributed by atoms with Gasteiger partial charge in [-0.25, -0.2) is 0 Å². The summed E-state index contributed by atoms with van der Waals surface area (Å²) >= 11 is 6.28. The second kappa shape index (κ2) is 5.01. The third-order valence-corrected chi connectivity index (χ3v) is 5.96. The highest BCUT2D eigenvalue weighted by Crippen LogP contribution is 2.57. The Morgan fingerprint density at radius 1 is 1.19 bits per heavy atom. The fourth-order valence-electron chi connectivity index (χ4n) is 4.79. The summed E-state index contributed by atoms with van der Waals surface area (Å²) in [5.74, 6) is 0.108. The van der Waals surface area contributed by atoms with E-state index in [1.165, 1.54) is 0 Å². The number of nitrogens with one attached hydrogen (secondary N) is 2. The molecule has 138 valence electrons.